The highest BCUT2D eigenvalue weighted by atomic mass is 32.2. The Bertz CT molecular complexity index is 1140. The number of carbonyl (C=O) groups excluding carboxylic acids is 2. The van der Waals surface area contributed by atoms with E-state index >= 15 is 0 Å². The summed E-state index contributed by atoms with van der Waals surface area (Å²) in [5.41, 5.74) is 0.188. The molecule has 2 amide bonds. The van der Waals surface area contributed by atoms with E-state index in [2.05, 4.69) is 20.8 Å². The van der Waals surface area contributed by atoms with Gasteiger partial charge in [-0.15, -0.1) is 10.2 Å². The Hall–Kier alpha value is -3.34. The number of hydrogen-bond donors (Lipinski definition) is 2. The molecule has 2 aromatic carbocycles. The largest absolute Gasteiger partial charge is 0.416 e. The molecule has 0 unspecified atom stereocenters. The second-order valence-electron chi connectivity index (χ2n) is 7.44. The zero-order chi connectivity index (χ0) is 24.7. The lowest BCUT2D eigenvalue weighted by Gasteiger charge is -2.14. The summed E-state index contributed by atoms with van der Waals surface area (Å²) in [5.74, 6) is -0.220. The molecule has 1 atom stereocenters. The number of aromatic nitrogens is 3. The van der Waals surface area contributed by atoms with Gasteiger partial charge in [0.2, 0.25) is 11.8 Å². The number of rotatable bonds is 9. The number of hydrogen-bond acceptors (Lipinski definition) is 5. The number of anilines is 1. The predicted molar refractivity (Wildman–Crippen MR) is 123 cm³/mol. The molecular weight excluding hydrogens is 467 g/mol. The molecule has 1 heterocycles. The predicted octanol–water partition coefficient (Wildman–Crippen LogP) is 4.47. The number of alkyl halides is 3. The third-order valence-electron chi connectivity index (χ3n) is 4.91. The van der Waals surface area contributed by atoms with Crippen LogP contribution in [-0.4, -0.2) is 32.3 Å². The Labute approximate surface area is 199 Å². The molecule has 2 N–H and O–H groups in total. The van der Waals surface area contributed by atoms with Gasteiger partial charge in [0.1, 0.15) is 5.82 Å². The molecule has 0 saturated heterocycles. The van der Waals surface area contributed by atoms with E-state index in [9.17, 15) is 22.8 Å². The molecule has 7 nitrogen and oxygen atoms in total. The van der Waals surface area contributed by atoms with Gasteiger partial charge in [-0.1, -0.05) is 48.2 Å². The van der Waals surface area contributed by atoms with E-state index in [1.54, 1.807) is 4.57 Å². The van der Waals surface area contributed by atoms with Crippen molar-refractivity contribution in [2.45, 2.75) is 44.2 Å². The average molecular weight is 492 g/mol. The van der Waals surface area contributed by atoms with Crippen LogP contribution in [0, 0.1) is 0 Å². The monoisotopic (exact) mass is 491 g/mol. The Morgan fingerprint density at radius 3 is 2.47 bits per heavy atom. The van der Waals surface area contributed by atoms with Gasteiger partial charge < -0.3 is 15.2 Å². The lowest BCUT2D eigenvalue weighted by atomic mass is 10.1. The van der Waals surface area contributed by atoms with Gasteiger partial charge in [-0.3, -0.25) is 9.59 Å². The molecule has 0 aliphatic carbocycles. The van der Waals surface area contributed by atoms with Crippen molar-refractivity contribution in [3.8, 4) is 0 Å². The molecule has 180 valence electrons. The maximum absolute atomic E-state index is 12.9. The lowest BCUT2D eigenvalue weighted by Crippen LogP contribution is -2.28. The molecule has 0 fully saturated rings. The fourth-order valence-electron chi connectivity index (χ4n) is 3.23. The first-order chi connectivity index (χ1) is 16.2. The van der Waals surface area contributed by atoms with Crippen LogP contribution in [0.2, 0.25) is 0 Å². The molecule has 34 heavy (non-hydrogen) atoms. The minimum Gasteiger partial charge on any atom is -0.349 e. The molecule has 0 saturated carbocycles. The molecule has 0 bridgehead atoms. The van der Waals surface area contributed by atoms with Crippen LogP contribution >= 0.6 is 11.8 Å². The van der Waals surface area contributed by atoms with Crippen molar-refractivity contribution in [2.24, 2.45) is 0 Å². The fourth-order valence-corrected chi connectivity index (χ4v) is 4.07. The van der Waals surface area contributed by atoms with E-state index in [0.717, 1.165) is 17.7 Å². The van der Waals surface area contributed by atoms with Crippen LogP contribution in [0.3, 0.4) is 0 Å². The van der Waals surface area contributed by atoms with E-state index in [-0.39, 0.29) is 29.8 Å². The lowest BCUT2D eigenvalue weighted by molar-refractivity contribution is -0.137. The van der Waals surface area contributed by atoms with Crippen LogP contribution in [-0.2, 0) is 28.7 Å². The van der Waals surface area contributed by atoms with Gasteiger partial charge in [-0.05, 0) is 37.6 Å². The standard InChI is InChI=1S/C23H24F3N5O2S/c1-3-31-19(13-20(32)28-18-11-7-10-17(12-18)23(24,25)26)29-30-22(31)34-14-21(33)27-15(2)16-8-5-4-6-9-16/h4-12,15H,3,13-14H2,1-2H3,(H,27,33)(H,28,32)/t15-/m1/s1. The van der Waals surface area contributed by atoms with Gasteiger partial charge in [-0.2, -0.15) is 13.2 Å². The quantitative estimate of drug-likeness (QED) is 0.431. The Kier molecular flexibility index (Phi) is 8.32. The van der Waals surface area contributed by atoms with Gasteiger partial charge in [0.05, 0.1) is 23.8 Å². The molecule has 0 aliphatic heterocycles. The summed E-state index contributed by atoms with van der Waals surface area (Å²) in [4.78, 5) is 24.7. The first kappa shape index (κ1) is 25.3. The number of nitrogens with zero attached hydrogens (tertiary/aromatic N) is 3. The van der Waals surface area contributed by atoms with Crippen LogP contribution in [0.1, 0.15) is 36.8 Å². The van der Waals surface area contributed by atoms with Gasteiger partial charge in [0.25, 0.3) is 0 Å². The van der Waals surface area contributed by atoms with E-state index < -0.39 is 17.6 Å². The van der Waals surface area contributed by atoms with Gasteiger partial charge >= 0.3 is 6.18 Å². The molecule has 3 rings (SSSR count). The summed E-state index contributed by atoms with van der Waals surface area (Å²) in [6.45, 7) is 4.20. The summed E-state index contributed by atoms with van der Waals surface area (Å²) >= 11 is 1.19. The van der Waals surface area contributed by atoms with E-state index in [4.69, 9.17) is 0 Å². The van der Waals surface area contributed by atoms with Gasteiger partial charge in [-0.25, -0.2) is 0 Å². The Balaban J connectivity index is 1.57. The number of carbonyl (C=O) groups is 2. The van der Waals surface area contributed by atoms with Crippen LogP contribution in [0.5, 0.6) is 0 Å². The molecule has 0 radical (unpaired) electrons. The summed E-state index contributed by atoms with van der Waals surface area (Å²) in [6.07, 6.45) is -4.67. The average Bonchev–Trinajstić information content (AvgIpc) is 3.19. The highest BCUT2D eigenvalue weighted by molar-refractivity contribution is 7.99. The fraction of sp³-hybridized carbons (Fsp3) is 0.304. The molecule has 0 spiro atoms. The minimum atomic E-state index is -4.50. The third kappa shape index (κ3) is 6.83. The Morgan fingerprint density at radius 1 is 1.06 bits per heavy atom. The van der Waals surface area contributed by atoms with Crippen LogP contribution in [0.25, 0.3) is 0 Å². The SMILES string of the molecule is CCn1c(CC(=O)Nc2cccc(C(F)(F)F)c2)nnc1SCC(=O)N[C@H](C)c1ccccc1. The maximum Gasteiger partial charge on any atom is 0.416 e. The first-order valence-electron chi connectivity index (χ1n) is 10.5. The van der Waals surface area contributed by atoms with Gasteiger partial charge in [0.15, 0.2) is 5.16 Å². The number of benzene rings is 2. The second-order valence-corrected chi connectivity index (χ2v) is 8.38. The highest BCUT2D eigenvalue weighted by Gasteiger charge is 2.30. The van der Waals surface area contributed by atoms with Crippen molar-refractivity contribution >= 4 is 29.3 Å². The number of thioether (sulfide) groups is 1. The van der Waals surface area contributed by atoms with Crippen molar-refractivity contribution in [3.05, 3.63) is 71.5 Å². The van der Waals surface area contributed by atoms with Crippen LogP contribution in [0.15, 0.2) is 59.8 Å². The van der Waals surface area contributed by atoms with Crippen molar-refractivity contribution in [1.29, 1.82) is 0 Å². The highest BCUT2D eigenvalue weighted by Crippen LogP contribution is 2.30. The molecule has 11 heteroatoms. The van der Waals surface area contributed by atoms with Crippen molar-refractivity contribution in [3.63, 3.8) is 0 Å². The van der Waals surface area contributed by atoms with Crippen molar-refractivity contribution < 1.29 is 22.8 Å². The zero-order valence-electron chi connectivity index (χ0n) is 18.6. The molecule has 3 aromatic rings. The summed E-state index contributed by atoms with van der Waals surface area (Å²) < 4.78 is 40.3. The summed E-state index contributed by atoms with van der Waals surface area (Å²) in [6, 6.07) is 13.9. The molecular formula is C23H24F3N5O2S. The first-order valence-corrected chi connectivity index (χ1v) is 11.5. The van der Waals surface area contributed by atoms with Crippen molar-refractivity contribution in [2.75, 3.05) is 11.1 Å². The smallest absolute Gasteiger partial charge is 0.349 e. The number of nitrogens with one attached hydrogen (secondary N) is 2. The Morgan fingerprint density at radius 2 is 1.79 bits per heavy atom. The maximum atomic E-state index is 12.9. The topological polar surface area (TPSA) is 88.9 Å². The van der Waals surface area contributed by atoms with E-state index in [0.29, 0.717) is 17.5 Å². The molecule has 1 aromatic heterocycles. The van der Waals surface area contributed by atoms with Crippen LogP contribution < -0.4 is 10.6 Å². The summed E-state index contributed by atoms with van der Waals surface area (Å²) in [7, 11) is 0. The molecule has 0 aliphatic rings. The normalized spacial score (nSPS) is 12.3. The number of halogens is 3. The minimum absolute atomic E-state index is 0.0428. The zero-order valence-corrected chi connectivity index (χ0v) is 19.4. The van der Waals surface area contributed by atoms with E-state index in [1.165, 1.54) is 23.9 Å². The second kappa shape index (κ2) is 11.2. The number of amides is 2. The van der Waals surface area contributed by atoms with Crippen LogP contribution in [0.4, 0.5) is 18.9 Å². The van der Waals surface area contributed by atoms with E-state index in [1.807, 2.05) is 44.2 Å². The third-order valence-corrected chi connectivity index (χ3v) is 5.88. The van der Waals surface area contributed by atoms with Gasteiger partial charge in [0, 0.05) is 12.2 Å². The summed E-state index contributed by atoms with van der Waals surface area (Å²) in [5, 5.41) is 14.0. The van der Waals surface area contributed by atoms with Crippen molar-refractivity contribution in [1.82, 2.24) is 20.1 Å².